The SMILES string of the molecule is CC(C)(C)NC(=O)CN1CCCC1=N. The molecule has 1 amide bonds. The van der Waals surface area contributed by atoms with E-state index in [-0.39, 0.29) is 11.4 Å². The fourth-order valence-corrected chi connectivity index (χ4v) is 1.54. The maximum Gasteiger partial charge on any atom is 0.239 e. The Labute approximate surface area is 85.2 Å². The molecule has 1 rings (SSSR count). The fraction of sp³-hybridized carbons (Fsp3) is 0.800. The second kappa shape index (κ2) is 3.98. The van der Waals surface area contributed by atoms with E-state index in [4.69, 9.17) is 5.41 Å². The van der Waals surface area contributed by atoms with Crippen LogP contribution in [0.1, 0.15) is 33.6 Å². The van der Waals surface area contributed by atoms with Crippen LogP contribution in [0.4, 0.5) is 0 Å². The van der Waals surface area contributed by atoms with E-state index in [1.807, 2.05) is 25.7 Å². The van der Waals surface area contributed by atoms with E-state index in [1.165, 1.54) is 0 Å². The van der Waals surface area contributed by atoms with Crippen LogP contribution in [0.25, 0.3) is 0 Å². The second-order valence-electron chi connectivity index (χ2n) is 4.77. The van der Waals surface area contributed by atoms with Crippen LogP contribution in [0, 0.1) is 5.41 Å². The van der Waals surface area contributed by atoms with Gasteiger partial charge in [0, 0.05) is 18.5 Å². The summed E-state index contributed by atoms with van der Waals surface area (Å²) in [6.45, 7) is 7.05. The topological polar surface area (TPSA) is 56.2 Å². The van der Waals surface area contributed by atoms with Gasteiger partial charge in [0.1, 0.15) is 0 Å². The van der Waals surface area contributed by atoms with Gasteiger partial charge in [-0.2, -0.15) is 0 Å². The number of hydrogen-bond acceptors (Lipinski definition) is 2. The predicted molar refractivity (Wildman–Crippen MR) is 56.4 cm³/mol. The first-order valence-corrected chi connectivity index (χ1v) is 5.02. The lowest BCUT2D eigenvalue weighted by molar-refractivity contribution is -0.122. The van der Waals surface area contributed by atoms with Gasteiger partial charge in [-0.15, -0.1) is 0 Å². The summed E-state index contributed by atoms with van der Waals surface area (Å²) in [6, 6.07) is 0. The third kappa shape index (κ3) is 3.36. The number of carbonyl (C=O) groups excluding carboxylic acids is 1. The van der Waals surface area contributed by atoms with E-state index in [0.29, 0.717) is 12.4 Å². The summed E-state index contributed by atoms with van der Waals surface area (Å²) in [5.74, 6) is 0.596. The van der Waals surface area contributed by atoms with Crippen LogP contribution in [0.2, 0.25) is 0 Å². The van der Waals surface area contributed by atoms with Crippen molar-refractivity contribution in [3.63, 3.8) is 0 Å². The van der Waals surface area contributed by atoms with Gasteiger partial charge in [-0.25, -0.2) is 0 Å². The van der Waals surface area contributed by atoms with Crippen molar-refractivity contribution in [2.24, 2.45) is 0 Å². The lowest BCUT2D eigenvalue weighted by atomic mass is 10.1. The van der Waals surface area contributed by atoms with Crippen LogP contribution in [0.5, 0.6) is 0 Å². The van der Waals surface area contributed by atoms with E-state index in [9.17, 15) is 4.79 Å². The Morgan fingerprint density at radius 2 is 2.21 bits per heavy atom. The van der Waals surface area contributed by atoms with E-state index in [2.05, 4.69) is 5.32 Å². The highest BCUT2D eigenvalue weighted by Gasteiger charge is 2.21. The Morgan fingerprint density at radius 3 is 2.64 bits per heavy atom. The lowest BCUT2D eigenvalue weighted by Crippen LogP contribution is -2.46. The van der Waals surface area contributed by atoms with Crippen LogP contribution in [0.15, 0.2) is 0 Å². The molecular formula is C10H19N3O. The fourth-order valence-electron chi connectivity index (χ4n) is 1.54. The molecule has 1 aliphatic rings. The number of rotatable bonds is 2. The number of hydrogen-bond donors (Lipinski definition) is 2. The number of carbonyl (C=O) groups is 1. The van der Waals surface area contributed by atoms with E-state index in [1.54, 1.807) is 0 Å². The van der Waals surface area contributed by atoms with Crippen LogP contribution in [-0.2, 0) is 4.79 Å². The predicted octanol–water partition coefficient (Wildman–Crippen LogP) is 0.974. The zero-order valence-electron chi connectivity index (χ0n) is 9.18. The Balaban J connectivity index is 2.37. The molecule has 0 atom stereocenters. The van der Waals surface area contributed by atoms with E-state index in [0.717, 1.165) is 19.4 Å². The first-order chi connectivity index (χ1) is 6.38. The highest BCUT2D eigenvalue weighted by atomic mass is 16.2. The number of amidine groups is 1. The molecule has 0 unspecified atom stereocenters. The van der Waals surface area contributed by atoms with Crippen molar-refractivity contribution in [3.8, 4) is 0 Å². The Bertz CT molecular complexity index is 242. The average molecular weight is 197 g/mol. The molecule has 0 aromatic rings. The number of nitrogens with zero attached hydrogens (tertiary/aromatic N) is 1. The van der Waals surface area contributed by atoms with Crippen LogP contribution < -0.4 is 5.32 Å². The zero-order chi connectivity index (χ0) is 10.8. The molecule has 0 aliphatic carbocycles. The third-order valence-corrected chi connectivity index (χ3v) is 2.07. The summed E-state index contributed by atoms with van der Waals surface area (Å²) in [6.07, 6.45) is 1.81. The second-order valence-corrected chi connectivity index (χ2v) is 4.77. The van der Waals surface area contributed by atoms with Crippen LogP contribution in [-0.4, -0.2) is 35.3 Å². The van der Waals surface area contributed by atoms with E-state index < -0.39 is 0 Å². The molecule has 2 N–H and O–H groups in total. The molecule has 0 bridgehead atoms. The van der Waals surface area contributed by atoms with E-state index >= 15 is 0 Å². The van der Waals surface area contributed by atoms with Crippen molar-refractivity contribution in [2.75, 3.05) is 13.1 Å². The van der Waals surface area contributed by atoms with Crippen molar-refractivity contribution >= 4 is 11.7 Å². The molecule has 0 radical (unpaired) electrons. The third-order valence-electron chi connectivity index (χ3n) is 2.07. The minimum absolute atomic E-state index is 0.00384. The van der Waals surface area contributed by atoms with Crippen molar-refractivity contribution in [1.82, 2.24) is 10.2 Å². The number of nitrogens with one attached hydrogen (secondary N) is 2. The van der Waals surface area contributed by atoms with Gasteiger partial charge in [0.2, 0.25) is 5.91 Å². The van der Waals surface area contributed by atoms with Gasteiger partial charge in [0.25, 0.3) is 0 Å². The quantitative estimate of drug-likeness (QED) is 0.693. The number of amides is 1. The molecule has 4 heteroatoms. The van der Waals surface area contributed by atoms with Gasteiger partial charge in [-0.05, 0) is 27.2 Å². The monoisotopic (exact) mass is 197 g/mol. The molecule has 0 spiro atoms. The standard InChI is InChI=1S/C10H19N3O/c1-10(2,3)12-9(14)7-13-6-4-5-8(13)11/h11H,4-7H2,1-3H3,(H,12,14). The van der Waals surface area contributed by atoms with Crippen LogP contribution >= 0.6 is 0 Å². The Hall–Kier alpha value is -1.06. The molecule has 4 nitrogen and oxygen atoms in total. The molecule has 1 fully saturated rings. The van der Waals surface area contributed by atoms with Crippen molar-refractivity contribution < 1.29 is 4.79 Å². The van der Waals surface area contributed by atoms with Crippen LogP contribution in [0.3, 0.4) is 0 Å². The van der Waals surface area contributed by atoms with Crippen molar-refractivity contribution in [2.45, 2.75) is 39.2 Å². The molecule has 80 valence electrons. The highest BCUT2D eigenvalue weighted by Crippen LogP contribution is 2.09. The molecule has 0 aromatic carbocycles. The average Bonchev–Trinajstić information content (AvgIpc) is 2.32. The zero-order valence-corrected chi connectivity index (χ0v) is 9.18. The molecule has 1 saturated heterocycles. The largest absolute Gasteiger partial charge is 0.351 e. The number of likely N-dealkylation sites (tertiary alicyclic amines) is 1. The Morgan fingerprint density at radius 1 is 1.57 bits per heavy atom. The van der Waals surface area contributed by atoms with Gasteiger partial charge < -0.3 is 10.2 Å². The summed E-state index contributed by atoms with van der Waals surface area (Å²) in [5.41, 5.74) is -0.182. The smallest absolute Gasteiger partial charge is 0.239 e. The molecular weight excluding hydrogens is 178 g/mol. The minimum atomic E-state index is -0.182. The van der Waals surface area contributed by atoms with Gasteiger partial charge in [-0.1, -0.05) is 0 Å². The lowest BCUT2D eigenvalue weighted by Gasteiger charge is -2.23. The maximum absolute atomic E-state index is 11.5. The van der Waals surface area contributed by atoms with Crippen molar-refractivity contribution in [1.29, 1.82) is 5.41 Å². The Kier molecular flexibility index (Phi) is 3.13. The molecule has 0 saturated carbocycles. The summed E-state index contributed by atoms with van der Waals surface area (Å²) >= 11 is 0. The van der Waals surface area contributed by atoms with Gasteiger partial charge >= 0.3 is 0 Å². The molecule has 14 heavy (non-hydrogen) atoms. The van der Waals surface area contributed by atoms with Crippen molar-refractivity contribution in [3.05, 3.63) is 0 Å². The normalized spacial score (nSPS) is 17.4. The van der Waals surface area contributed by atoms with Gasteiger partial charge in [0.15, 0.2) is 0 Å². The summed E-state index contributed by atoms with van der Waals surface area (Å²) in [4.78, 5) is 13.3. The first kappa shape index (κ1) is 11.0. The molecule has 1 aliphatic heterocycles. The maximum atomic E-state index is 11.5. The summed E-state index contributed by atoms with van der Waals surface area (Å²) in [7, 11) is 0. The first-order valence-electron chi connectivity index (χ1n) is 5.02. The minimum Gasteiger partial charge on any atom is -0.351 e. The van der Waals surface area contributed by atoms with Gasteiger partial charge in [-0.3, -0.25) is 10.2 Å². The summed E-state index contributed by atoms with van der Waals surface area (Å²) < 4.78 is 0. The molecule has 0 aromatic heterocycles. The van der Waals surface area contributed by atoms with Gasteiger partial charge in [0.05, 0.1) is 12.4 Å². The molecule has 1 heterocycles. The summed E-state index contributed by atoms with van der Waals surface area (Å²) in [5, 5.41) is 10.5. The highest BCUT2D eigenvalue weighted by molar-refractivity contribution is 5.87.